The van der Waals surface area contributed by atoms with Crippen molar-refractivity contribution in [3.05, 3.63) is 85.0 Å². The maximum atomic E-state index is 8.04. The van der Waals surface area contributed by atoms with Gasteiger partial charge in [0, 0.05) is 0 Å². The molecular formula is C24H34O2Si. The Balaban J connectivity index is 0.000000646. The van der Waals surface area contributed by atoms with E-state index in [0.29, 0.717) is 6.61 Å². The molecule has 2 aromatic carbocycles. The standard InChI is InChI=1S/C20H26OSi.C4H8O/c1-17(2)16-21-22(20(3,4)5,18-12-8-6-9-13-18)19-14-10-7-11-15-19;1-4(2)3-5/h6-15H,1,16H2,2-5H3;5H,1,3H2,2H3. The third-order valence-electron chi connectivity index (χ3n) is 4.22. The van der Waals surface area contributed by atoms with E-state index in [1.807, 2.05) is 6.92 Å². The number of hydrogen-bond donors (Lipinski definition) is 1. The normalized spacial score (nSPS) is 11.3. The van der Waals surface area contributed by atoms with Gasteiger partial charge in [0.2, 0.25) is 0 Å². The molecule has 0 radical (unpaired) electrons. The van der Waals surface area contributed by atoms with Crippen LogP contribution in [0.25, 0.3) is 0 Å². The first-order chi connectivity index (χ1) is 12.6. The summed E-state index contributed by atoms with van der Waals surface area (Å²) in [6.45, 7) is 18.8. The van der Waals surface area contributed by atoms with Gasteiger partial charge in [-0.2, -0.15) is 0 Å². The summed E-state index contributed by atoms with van der Waals surface area (Å²) in [4.78, 5) is 0. The fraction of sp³-hybridized carbons (Fsp3) is 0.333. The Hall–Kier alpha value is -1.94. The van der Waals surface area contributed by atoms with Crippen molar-refractivity contribution in [2.45, 2.75) is 39.7 Å². The first-order valence-electron chi connectivity index (χ1n) is 9.29. The van der Waals surface area contributed by atoms with Gasteiger partial charge in [-0.1, -0.05) is 106 Å². The van der Waals surface area contributed by atoms with Crippen molar-refractivity contribution in [1.29, 1.82) is 0 Å². The zero-order chi connectivity index (χ0) is 20.5. The van der Waals surface area contributed by atoms with Gasteiger partial charge in [-0.05, 0) is 29.3 Å². The second-order valence-corrected chi connectivity index (χ2v) is 12.3. The molecule has 1 N–H and O–H groups in total. The van der Waals surface area contributed by atoms with Crippen molar-refractivity contribution in [1.82, 2.24) is 0 Å². The summed E-state index contributed by atoms with van der Waals surface area (Å²) in [6.07, 6.45) is 0. The van der Waals surface area contributed by atoms with Crippen LogP contribution in [0.2, 0.25) is 5.04 Å². The molecule has 0 heterocycles. The molecule has 0 aliphatic carbocycles. The molecule has 0 aromatic heterocycles. The zero-order valence-corrected chi connectivity index (χ0v) is 18.5. The first-order valence-corrected chi connectivity index (χ1v) is 11.2. The summed E-state index contributed by atoms with van der Waals surface area (Å²) in [5, 5.41) is 10.7. The van der Waals surface area contributed by atoms with Gasteiger partial charge in [0.15, 0.2) is 0 Å². The topological polar surface area (TPSA) is 29.5 Å². The smallest absolute Gasteiger partial charge is 0.261 e. The first kappa shape index (κ1) is 23.1. The summed E-state index contributed by atoms with van der Waals surface area (Å²) in [6, 6.07) is 21.4. The average molecular weight is 383 g/mol. The highest BCUT2D eigenvalue weighted by molar-refractivity contribution is 6.99. The molecule has 0 bridgehead atoms. The minimum atomic E-state index is -2.37. The van der Waals surface area contributed by atoms with Crippen molar-refractivity contribution >= 4 is 18.7 Å². The van der Waals surface area contributed by atoms with Crippen molar-refractivity contribution in [3.8, 4) is 0 Å². The number of aliphatic hydroxyl groups is 1. The van der Waals surface area contributed by atoms with Crippen LogP contribution in [0.5, 0.6) is 0 Å². The van der Waals surface area contributed by atoms with Crippen molar-refractivity contribution in [2.24, 2.45) is 0 Å². The van der Waals surface area contributed by atoms with E-state index in [4.69, 9.17) is 9.53 Å². The number of rotatable bonds is 6. The Morgan fingerprint density at radius 1 is 0.852 bits per heavy atom. The number of hydrogen-bond acceptors (Lipinski definition) is 2. The third kappa shape index (κ3) is 6.31. The van der Waals surface area contributed by atoms with Gasteiger partial charge in [-0.3, -0.25) is 0 Å². The second kappa shape index (κ2) is 10.4. The summed E-state index contributed by atoms with van der Waals surface area (Å²) in [5.74, 6) is 0. The van der Waals surface area contributed by atoms with Crippen molar-refractivity contribution < 1.29 is 9.53 Å². The summed E-state index contributed by atoms with van der Waals surface area (Å²) in [7, 11) is -2.37. The Morgan fingerprint density at radius 3 is 1.48 bits per heavy atom. The molecule has 0 amide bonds. The summed E-state index contributed by atoms with van der Waals surface area (Å²) >= 11 is 0. The van der Waals surface area contributed by atoms with Crippen molar-refractivity contribution in [2.75, 3.05) is 13.2 Å². The van der Waals surface area contributed by atoms with E-state index in [1.165, 1.54) is 10.4 Å². The molecule has 0 saturated carbocycles. The van der Waals surface area contributed by atoms with Crippen LogP contribution in [0, 0.1) is 0 Å². The van der Waals surface area contributed by atoms with Gasteiger partial charge in [-0.25, -0.2) is 0 Å². The van der Waals surface area contributed by atoms with Gasteiger partial charge in [0.25, 0.3) is 8.32 Å². The molecule has 0 aliphatic heterocycles. The second-order valence-electron chi connectivity index (χ2n) is 8.02. The summed E-state index contributed by atoms with van der Waals surface area (Å²) < 4.78 is 6.67. The van der Waals surface area contributed by atoms with Crippen LogP contribution in [0.4, 0.5) is 0 Å². The van der Waals surface area contributed by atoms with Crippen LogP contribution in [-0.4, -0.2) is 26.6 Å². The highest BCUT2D eigenvalue weighted by Crippen LogP contribution is 2.36. The lowest BCUT2D eigenvalue weighted by Gasteiger charge is -2.43. The fourth-order valence-electron chi connectivity index (χ4n) is 2.99. The highest BCUT2D eigenvalue weighted by atomic mass is 28.4. The molecule has 0 unspecified atom stereocenters. The van der Waals surface area contributed by atoms with E-state index in [2.05, 4.69) is 94.6 Å². The molecule has 2 aromatic rings. The van der Waals surface area contributed by atoms with E-state index in [1.54, 1.807) is 6.92 Å². The number of benzene rings is 2. The van der Waals surface area contributed by atoms with E-state index in [0.717, 1.165) is 11.1 Å². The van der Waals surface area contributed by atoms with Gasteiger partial charge in [0.05, 0.1) is 13.2 Å². The fourth-order valence-corrected chi connectivity index (χ4v) is 7.61. The molecule has 0 fully saturated rings. The van der Waals surface area contributed by atoms with Gasteiger partial charge < -0.3 is 9.53 Å². The molecule has 2 nitrogen and oxygen atoms in total. The third-order valence-corrected chi connectivity index (χ3v) is 9.20. The summed E-state index contributed by atoms with van der Waals surface area (Å²) in [5.41, 5.74) is 1.87. The quantitative estimate of drug-likeness (QED) is 0.580. The lowest BCUT2D eigenvalue weighted by atomic mass is 10.2. The van der Waals surface area contributed by atoms with Crippen LogP contribution < -0.4 is 10.4 Å². The zero-order valence-electron chi connectivity index (χ0n) is 17.5. The van der Waals surface area contributed by atoms with Crippen LogP contribution in [0.3, 0.4) is 0 Å². The molecule has 146 valence electrons. The van der Waals surface area contributed by atoms with E-state index >= 15 is 0 Å². The van der Waals surface area contributed by atoms with Gasteiger partial charge in [0.1, 0.15) is 0 Å². The lowest BCUT2D eigenvalue weighted by Crippen LogP contribution is -2.66. The Morgan fingerprint density at radius 2 is 1.22 bits per heavy atom. The Labute approximate surface area is 166 Å². The molecule has 0 spiro atoms. The van der Waals surface area contributed by atoms with Crippen LogP contribution >= 0.6 is 0 Å². The van der Waals surface area contributed by atoms with E-state index in [-0.39, 0.29) is 11.6 Å². The maximum absolute atomic E-state index is 8.04. The minimum Gasteiger partial charge on any atom is -0.403 e. The monoisotopic (exact) mass is 382 g/mol. The molecule has 0 aliphatic rings. The predicted molar refractivity (Wildman–Crippen MR) is 120 cm³/mol. The SMILES string of the molecule is C=C(C)CO.C=C(C)CO[Si](c1ccccc1)(c1ccccc1)C(C)(C)C. The minimum absolute atomic E-state index is 0.0329. The van der Waals surface area contributed by atoms with E-state index < -0.39 is 8.32 Å². The average Bonchev–Trinajstić information content (AvgIpc) is 2.63. The van der Waals surface area contributed by atoms with Crippen molar-refractivity contribution in [3.63, 3.8) is 0 Å². The van der Waals surface area contributed by atoms with Gasteiger partial charge in [-0.15, -0.1) is 0 Å². The van der Waals surface area contributed by atoms with E-state index in [9.17, 15) is 0 Å². The van der Waals surface area contributed by atoms with Gasteiger partial charge >= 0.3 is 0 Å². The molecule has 0 atom stereocenters. The highest BCUT2D eigenvalue weighted by Gasteiger charge is 2.49. The largest absolute Gasteiger partial charge is 0.403 e. The molecule has 0 saturated heterocycles. The van der Waals surface area contributed by atoms with Crippen LogP contribution in [0.15, 0.2) is 85.0 Å². The lowest BCUT2D eigenvalue weighted by molar-refractivity contribution is 0.330. The van der Waals surface area contributed by atoms with Crippen LogP contribution in [-0.2, 0) is 4.43 Å². The molecular weight excluding hydrogens is 348 g/mol. The number of aliphatic hydroxyl groups excluding tert-OH is 1. The Bertz CT molecular complexity index is 676. The predicted octanol–water partition coefficient (Wildman–Crippen LogP) is 4.69. The molecule has 3 heteroatoms. The van der Waals surface area contributed by atoms with Crippen LogP contribution in [0.1, 0.15) is 34.6 Å². The molecule has 2 rings (SSSR count). The molecule has 27 heavy (non-hydrogen) atoms. The maximum Gasteiger partial charge on any atom is 0.261 e. The Kier molecular flexibility index (Phi) is 8.90.